The lowest BCUT2D eigenvalue weighted by molar-refractivity contribution is 0.0599. The molecule has 1 saturated carbocycles. The van der Waals surface area contributed by atoms with Gasteiger partial charge in [0.2, 0.25) is 0 Å². The smallest absolute Gasteiger partial charge is 0.341 e. The standard InChI is InChI=1S/C29H34N6O5S/c1-5-21-16-34(41(37,38)27-9-7-6-8-26(27)40-21)15-19-12-20(11-10-18(19)2)35-28(24(14-30-35)29(36)39-4)23-13-22(23)25-17-33(3)32-31-25/h6-12,14,17,21-23,37-38H,5,13,15-16H2,1-4H3. The Labute approximate surface area is 240 Å². The van der Waals surface area contributed by atoms with Gasteiger partial charge in [0.05, 0.1) is 36.9 Å². The zero-order valence-corrected chi connectivity index (χ0v) is 24.3. The molecule has 2 aromatic heterocycles. The molecule has 11 nitrogen and oxygen atoms in total. The quantitative estimate of drug-likeness (QED) is 0.289. The fraction of sp³-hybridized carbons (Fsp3) is 0.379. The van der Waals surface area contributed by atoms with Crippen LogP contribution < -0.4 is 4.74 Å². The van der Waals surface area contributed by atoms with Crippen molar-refractivity contribution in [2.24, 2.45) is 7.05 Å². The van der Waals surface area contributed by atoms with Crippen molar-refractivity contribution in [3.8, 4) is 11.4 Å². The molecule has 0 spiro atoms. The fourth-order valence-corrected chi connectivity index (χ4v) is 7.14. The maximum absolute atomic E-state index is 12.7. The maximum atomic E-state index is 12.7. The summed E-state index contributed by atoms with van der Waals surface area (Å²) in [6, 6.07) is 13.1. The predicted octanol–water partition coefficient (Wildman–Crippen LogP) is 5.06. The number of nitrogens with zero attached hydrogens (tertiary/aromatic N) is 6. The molecule has 3 heterocycles. The van der Waals surface area contributed by atoms with Gasteiger partial charge in [-0.05, 0) is 55.2 Å². The van der Waals surface area contributed by atoms with Gasteiger partial charge in [-0.25, -0.2) is 9.48 Å². The van der Waals surface area contributed by atoms with Crippen molar-refractivity contribution in [2.45, 2.75) is 56.1 Å². The van der Waals surface area contributed by atoms with Crippen molar-refractivity contribution in [3.63, 3.8) is 0 Å². The van der Waals surface area contributed by atoms with Crippen molar-refractivity contribution < 1.29 is 23.4 Å². The number of esters is 1. The van der Waals surface area contributed by atoms with Crippen molar-refractivity contribution in [3.05, 3.63) is 82.9 Å². The number of fused-ring (bicyclic) bond motifs is 1. The summed E-state index contributed by atoms with van der Waals surface area (Å²) in [6.45, 7) is 4.68. The minimum Gasteiger partial charge on any atom is -0.487 e. The van der Waals surface area contributed by atoms with Gasteiger partial charge in [-0.1, -0.05) is 30.3 Å². The highest BCUT2D eigenvalue weighted by Gasteiger charge is 2.46. The molecule has 216 valence electrons. The van der Waals surface area contributed by atoms with Crippen LogP contribution in [0, 0.1) is 6.92 Å². The summed E-state index contributed by atoms with van der Waals surface area (Å²) in [5, 5.41) is 13.0. The molecular weight excluding hydrogens is 544 g/mol. The lowest BCUT2D eigenvalue weighted by Gasteiger charge is -2.42. The van der Waals surface area contributed by atoms with E-state index in [1.807, 2.05) is 51.4 Å². The molecule has 2 aliphatic rings. The van der Waals surface area contributed by atoms with E-state index in [4.69, 9.17) is 9.47 Å². The third-order valence-corrected chi connectivity index (χ3v) is 9.86. The summed E-state index contributed by atoms with van der Waals surface area (Å²) in [5.41, 5.74) is 4.77. The first-order chi connectivity index (χ1) is 19.7. The molecule has 1 aliphatic heterocycles. The zero-order valence-electron chi connectivity index (χ0n) is 23.5. The number of hydrogen-bond acceptors (Lipinski definition) is 9. The van der Waals surface area contributed by atoms with Crippen LogP contribution >= 0.6 is 10.8 Å². The Morgan fingerprint density at radius 1 is 1.20 bits per heavy atom. The Bertz CT molecular complexity index is 1600. The number of benzene rings is 2. The van der Waals surface area contributed by atoms with Gasteiger partial charge in [0, 0.05) is 31.6 Å². The van der Waals surface area contributed by atoms with Gasteiger partial charge >= 0.3 is 5.97 Å². The van der Waals surface area contributed by atoms with Gasteiger partial charge in [-0.15, -0.1) is 15.9 Å². The molecule has 0 saturated heterocycles. The zero-order chi connectivity index (χ0) is 28.9. The molecule has 2 aromatic carbocycles. The normalized spacial score (nSPS) is 22.3. The van der Waals surface area contributed by atoms with E-state index in [1.54, 1.807) is 38.1 Å². The summed E-state index contributed by atoms with van der Waals surface area (Å²) in [7, 11) is -0.104. The van der Waals surface area contributed by atoms with Crippen molar-refractivity contribution in [2.75, 3.05) is 13.7 Å². The Morgan fingerprint density at radius 2 is 2.00 bits per heavy atom. The molecule has 0 bridgehead atoms. The summed E-state index contributed by atoms with van der Waals surface area (Å²) in [6.07, 6.45) is 4.80. The fourth-order valence-electron chi connectivity index (χ4n) is 5.52. The summed E-state index contributed by atoms with van der Waals surface area (Å²) >= 11 is 0. The summed E-state index contributed by atoms with van der Waals surface area (Å²) < 4.78 is 39.4. The molecule has 6 rings (SSSR count). The molecule has 41 heavy (non-hydrogen) atoms. The van der Waals surface area contributed by atoms with Gasteiger partial charge in [-0.3, -0.25) is 13.8 Å². The van der Waals surface area contributed by atoms with E-state index in [0.29, 0.717) is 29.3 Å². The highest BCUT2D eigenvalue weighted by molar-refractivity contribution is 8.22. The minimum atomic E-state index is -3.30. The van der Waals surface area contributed by atoms with E-state index in [-0.39, 0.29) is 17.9 Å². The molecular formula is C29H34N6O5S. The first kappa shape index (κ1) is 27.5. The minimum absolute atomic E-state index is 0.0320. The van der Waals surface area contributed by atoms with E-state index in [2.05, 4.69) is 15.4 Å². The number of methoxy groups -OCH3 is 1. The molecule has 4 aromatic rings. The highest BCUT2D eigenvalue weighted by atomic mass is 32.3. The topological polar surface area (TPSA) is 128 Å². The average Bonchev–Trinajstić information content (AvgIpc) is 3.45. The molecule has 1 fully saturated rings. The van der Waals surface area contributed by atoms with E-state index in [0.717, 1.165) is 41.0 Å². The van der Waals surface area contributed by atoms with Crippen LogP contribution in [-0.2, 0) is 18.3 Å². The molecule has 3 unspecified atom stereocenters. The Hall–Kier alpha value is -3.71. The van der Waals surface area contributed by atoms with Crippen LogP contribution in [0.25, 0.3) is 5.69 Å². The average molecular weight is 579 g/mol. The molecule has 12 heteroatoms. The first-order valence-electron chi connectivity index (χ1n) is 13.6. The van der Waals surface area contributed by atoms with E-state index in [1.165, 1.54) is 7.11 Å². The number of aromatic nitrogens is 5. The summed E-state index contributed by atoms with van der Waals surface area (Å²) in [5.74, 6) is 0.227. The van der Waals surface area contributed by atoms with Crippen molar-refractivity contribution in [1.82, 2.24) is 29.1 Å². The van der Waals surface area contributed by atoms with Crippen LogP contribution in [0.4, 0.5) is 0 Å². The van der Waals surface area contributed by atoms with Gasteiger partial charge in [-0.2, -0.15) is 9.40 Å². The molecule has 1 aliphatic carbocycles. The number of rotatable bonds is 7. The second kappa shape index (κ2) is 10.6. The molecule has 0 amide bonds. The van der Waals surface area contributed by atoms with Crippen LogP contribution in [-0.4, -0.2) is 63.9 Å². The van der Waals surface area contributed by atoms with Gasteiger partial charge in [0.15, 0.2) is 0 Å². The van der Waals surface area contributed by atoms with Crippen molar-refractivity contribution in [1.29, 1.82) is 0 Å². The highest BCUT2D eigenvalue weighted by Crippen LogP contribution is 2.58. The molecule has 0 radical (unpaired) electrons. The molecule has 3 atom stereocenters. The van der Waals surface area contributed by atoms with Crippen LogP contribution in [0.1, 0.15) is 64.5 Å². The largest absolute Gasteiger partial charge is 0.487 e. The van der Waals surface area contributed by atoms with Gasteiger partial charge in [0.25, 0.3) is 0 Å². The van der Waals surface area contributed by atoms with E-state index in [9.17, 15) is 13.9 Å². The molecule has 2 N–H and O–H groups in total. The lowest BCUT2D eigenvalue weighted by Crippen LogP contribution is -2.34. The second-order valence-electron chi connectivity index (χ2n) is 10.7. The van der Waals surface area contributed by atoms with Crippen LogP contribution in [0.15, 0.2) is 59.8 Å². The van der Waals surface area contributed by atoms with Crippen LogP contribution in [0.2, 0.25) is 0 Å². The second-order valence-corrected chi connectivity index (χ2v) is 12.7. The third kappa shape index (κ3) is 5.01. The van der Waals surface area contributed by atoms with E-state index >= 15 is 0 Å². The Balaban J connectivity index is 1.36. The van der Waals surface area contributed by atoms with Gasteiger partial charge < -0.3 is 9.47 Å². The number of ether oxygens (including phenoxy) is 2. The number of carbonyl (C=O) groups excluding carboxylic acids is 1. The number of hydrogen-bond donors (Lipinski definition) is 2. The van der Waals surface area contributed by atoms with Gasteiger partial charge in [0.1, 0.15) is 22.3 Å². The first-order valence-corrected chi connectivity index (χ1v) is 15.1. The van der Waals surface area contributed by atoms with Crippen molar-refractivity contribution >= 4 is 16.7 Å². The summed E-state index contributed by atoms with van der Waals surface area (Å²) in [4.78, 5) is 13.1. The SMILES string of the molecule is CCC1CN(Cc2cc(-n3ncc(C(=O)OC)c3C3CC3c3cn(C)nn3)ccc2C)S(O)(O)c2ccccc2O1. The Kier molecular flexibility index (Phi) is 7.10. The Morgan fingerprint density at radius 3 is 2.73 bits per heavy atom. The number of carbonyl (C=O) groups is 1. The van der Waals surface area contributed by atoms with Crippen LogP contribution in [0.5, 0.6) is 5.75 Å². The predicted molar refractivity (Wildman–Crippen MR) is 153 cm³/mol. The number of aryl methyl sites for hydroxylation is 2. The number of para-hydroxylation sites is 1. The maximum Gasteiger partial charge on any atom is 0.341 e. The monoisotopic (exact) mass is 578 g/mol. The lowest BCUT2D eigenvalue weighted by atomic mass is 10.1. The van der Waals surface area contributed by atoms with E-state index < -0.39 is 16.7 Å². The van der Waals surface area contributed by atoms with Crippen LogP contribution in [0.3, 0.4) is 0 Å². The third-order valence-electron chi connectivity index (χ3n) is 7.94.